The zero-order valence-electron chi connectivity index (χ0n) is 17.7. The van der Waals surface area contributed by atoms with Crippen LogP contribution in [0.25, 0.3) is 16.9 Å². The van der Waals surface area contributed by atoms with Gasteiger partial charge in [-0.2, -0.15) is 8.78 Å². The van der Waals surface area contributed by atoms with Gasteiger partial charge in [-0.05, 0) is 56.2 Å². The van der Waals surface area contributed by atoms with Gasteiger partial charge in [0.1, 0.15) is 28.5 Å². The van der Waals surface area contributed by atoms with E-state index in [0.717, 1.165) is 31.4 Å². The molecule has 2 heterocycles. The first-order chi connectivity index (χ1) is 15.5. The molecule has 0 spiro atoms. The molecule has 32 heavy (non-hydrogen) atoms. The van der Waals surface area contributed by atoms with Crippen LogP contribution in [0.4, 0.5) is 8.78 Å². The number of hydrogen-bond donors (Lipinski definition) is 0. The highest BCUT2D eigenvalue weighted by Crippen LogP contribution is 2.40. The van der Waals surface area contributed by atoms with Crippen molar-refractivity contribution in [2.24, 2.45) is 5.92 Å². The number of ether oxygens (including phenoxy) is 3. The number of aromatic nitrogens is 2. The molecule has 0 radical (unpaired) electrons. The lowest BCUT2D eigenvalue weighted by atomic mass is 9.96. The molecule has 1 aromatic carbocycles. The van der Waals surface area contributed by atoms with Crippen molar-refractivity contribution >= 4 is 11.4 Å². The highest BCUT2D eigenvalue weighted by atomic mass is 19.3. The van der Waals surface area contributed by atoms with E-state index in [1.54, 1.807) is 12.3 Å². The summed E-state index contributed by atoms with van der Waals surface area (Å²) in [5.74, 6) is 0.840. The molecule has 0 amide bonds. The van der Waals surface area contributed by atoms with Crippen LogP contribution < -0.4 is 14.2 Å². The van der Waals surface area contributed by atoms with E-state index in [2.05, 4.69) is 4.98 Å². The first-order valence-electron chi connectivity index (χ1n) is 10.9. The summed E-state index contributed by atoms with van der Waals surface area (Å²) in [6.07, 6.45) is 9.29. The van der Waals surface area contributed by atoms with Gasteiger partial charge in [-0.3, -0.25) is 9.20 Å². The zero-order chi connectivity index (χ0) is 22.2. The van der Waals surface area contributed by atoms with Crippen LogP contribution in [0.5, 0.6) is 17.2 Å². The number of methoxy groups -OCH3 is 1. The Morgan fingerprint density at radius 1 is 1.19 bits per heavy atom. The molecule has 2 aliphatic carbocycles. The molecule has 168 valence electrons. The Balaban J connectivity index is 1.53. The van der Waals surface area contributed by atoms with E-state index in [-0.39, 0.29) is 28.9 Å². The standard InChI is InChI=1S/C24H24F2N2O4/c1-30-20-10-15(11-21(32-24(25)26)23(20)19(29)9-14-5-6-14)18-13-27-22-12-17(7-8-28(18)22)31-16-3-2-4-16/h7-8,10-14,16,24H,2-6,9H2,1H3. The normalized spacial score (nSPS) is 16.2. The molecular weight excluding hydrogens is 418 g/mol. The molecule has 0 aliphatic heterocycles. The summed E-state index contributed by atoms with van der Waals surface area (Å²) in [5, 5.41) is 0. The van der Waals surface area contributed by atoms with E-state index < -0.39 is 6.61 Å². The fraction of sp³-hybridized carbons (Fsp3) is 0.417. The third-order valence-corrected chi connectivity index (χ3v) is 6.09. The van der Waals surface area contributed by atoms with Crippen LogP contribution in [0.2, 0.25) is 0 Å². The maximum absolute atomic E-state index is 13.2. The topological polar surface area (TPSA) is 62.1 Å². The Bertz CT molecular complexity index is 1150. The fourth-order valence-electron chi connectivity index (χ4n) is 3.98. The number of carbonyl (C=O) groups is 1. The minimum absolute atomic E-state index is 0.0634. The second-order valence-corrected chi connectivity index (χ2v) is 8.41. The number of imidazole rings is 1. The van der Waals surface area contributed by atoms with Crippen molar-refractivity contribution in [2.45, 2.75) is 51.2 Å². The Kier molecular flexibility index (Phi) is 5.45. The van der Waals surface area contributed by atoms with Crippen molar-refractivity contribution in [3.05, 3.63) is 42.2 Å². The minimum Gasteiger partial charge on any atom is -0.496 e. The van der Waals surface area contributed by atoms with Gasteiger partial charge in [0.15, 0.2) is 5.78 Å². The highest BCUT2D eigenvalue weighted by molar-refractivity contribution is 6.02. The molecule has 3 aromatic rings. The summed E-state index contributed by atoms with van der Waals surface area (Å²) in [6.45, 7) is -3.06. The quantitative estimate of drug-likeness (QED) is 0.408. The molecule has 0 bridgehead atoms. The number of hydrogen-bond acceptors (Lipinski definition) is 5. The molecular formula is C24H24F2N2O4. The lowest BCUT2D eigenvalue weighted by Crippen LogP contribution is -2.24. The summed E-state index contributed by atoms with van der Waals surface area (Å²) >= 11 is 0. The summed E-state index contributed by atoms with van der Waals surface area (Å²) in [4.78, 5) is 17.3. The van der Waals surface area contributed by atoms with Gasteiger partial charge in [-0.25, -0.2) is 4.98 Å². The van der Waals surface area contributed by atoms with Gasteiger partial charge in [0.25, 0.3) is 0 Å². The largest absolute Gasteiger partial charge is 0.496 e. The predicted octanol–water partition coefficient (Wildman–Crippen LogP) is 5.53. The van der Waals surface area contributed by atoms with Crippen LogP contribution in [0.3, 0.4) is 0 Å². The summed E-state index contributed by atoms with van der Waals surface area (Å²) < 4.78 is 44.3. The number of Topliss-reactive ketones (excluding diaryl/α,β-unsaturated/α-hetero) is 1. The number of pyridine rings is 1. The average Bonchev–Trinajstić information content (AvgIpc) is 3.44. The molecule has 0 N–H and O–H groups in total. The van der Waals surface area contributed by atoms with E-state index in [1.807, 2.05) is 22.7 Å². The molecule has 8 heteroatoms. The third-order valence-electron chi connectivity index (χ3n) is 6.09. The van der Waals surface area contributed by atoms with Gasteiger partial charge < -0.3 is 14.2 Å². The van der Waals surface area contributed by atoms with E-state index in [0.29, 0.717) is 29.2 Å². The number of fused-ring (bicyclic) bond motifs is 1. The summed E-state index contributed by atoms with van der Waals surface area (Å²) in [7, 11) is 1.41. The van der Waals surface area contributed by atoms with E-state index in [9.17, 15) is 13.6 Å². The number of halogens is 2. The van der Waals surface area contributed by atoms with Crippen molar-refractivity contribution in [2.75, 3.05) is 7.11 Å². The number of benzene rings is 1. The molecule has 0 atom stereocenters. The molecule has 2 aliphatic rings. The van der Waals surface area contributed by atoms with Crippen LogP contribution >= 0.6 is 0 Å². The maximum atomic E-state index is 13.2. The summed E-state index contributed by atoms with van der Waals surface area (Å²) in [6, 6.07) is 6.83. The number of nitrogens with zero attached hydrogens (tertiary/aromatic N) is 2. The van der Waals surface area contributed by atoms with Crippen LogP contribution in [0, 0.1) is 5.92 Å². The monoisotopic (exact) mass is 442 g/mol. The van der Waals surface area contributed by atoms with Crippen molar-refractivity contribution in [3.63, 3.8) is 0 Å². The predicted molar refractivity (Wildman–Crippen MR) is 114 cm³/mol. The number of carbonyl (C=O) groups excluding carboxylic acids is 1. The van der Waals surface area contributed by atoms with Gasteiger partial charge >= 0.3 is 6.61 Å². The van der Waals surface area contributed by atoms with Gasteiger partial charge in [0.05, 0.1) is 25.1 Å². The molecule has 2 fully saturated rings. The Morgan fingerprint density at radius 3 is 2.62 bits per heavy atom. The maximum Gasteiger partial charge on any atom is 0.387 e. The second kappa shape index (κ2) is 8.41. The third kappa shape index (κ3) is 4.13. The minimum atomic E-state index is -3.06. The lowest BCUT2D eigenvalue weighted by molar-refractivity contribution is -0.0502. The van der Waals surface area contributed by atoms with Gasteiger partial charge in [-0.15, -0.1) is 0 Å². The van der Waals surface area contributed by atoms with Crippen LogP contribution in [0.1, 0.15) is 48.9 Å². The first-order valence-corrected chi connectivity index (χ1v) is 10.9. The molecule has 2 aromatic heterocycles. The number of alkyl halides is 2. The van der Waals surface area contributed by atoms with E-state index >= 15 is 0 Å². The van der Waals surface area contributed by atoms with Gasteiger partial charge in [-0.1, -0.05) is 0 Å². The SMILES string of the molecule is COc1cc(-c2cnc3cc(OC4CCC4)ccn23)cc(OC(F)F)c1C(=O)CC1CC1. The van der Waals surface area contributed by atoms with Crippen LogP contribution in [0.15, 0.2) is 36.7 Å². The zero-order valence-corrected chi connectivity index (χ0v) is 17.7. The molecule has 0 saturated heterocycles. The Morgan fingerprint density at radius 2 is 1.97 bits per heavy atom. The lowest BCUT2D eigenvalue weighted by Gasteiger charge is -2.26. The van der Waals surface area contributed by atoms with Crippen molar-refractivity contribution in [1.29, 1.82) is 0 Å². The van der Waals surface area contributed by atoms with Crippen molar-refractivity contribution in [3.8, 4) is 28.5 Å². The average molecular weight is 442 g/mol. The van der Waals surface area contributed by atoms with Gasteiger partial charge in [0, 0.05) is 24.2 Å². The molecule has 0 unspecified atom stereocenters. The summed E-state index contributed by atoms with van der Waals surface area (Å²) in [5.41, 5.74) is 1.95. The van der Waals surface area contributed by atoms with Gasteiger partial charge in [0.2, 0.25) is 0 Å². The van der Waals surface area contributed by atoms with Crippen molar-refractivity contribution < 1.29 is 27.8 Å². The van der Waals surface area contributed by atoms with Crippen LogP contribution in [-0.4, -0.2) is 35.0 Å². The number of ketones is 1. The number of rotatable bonds is 9. The van der Waals surface area contributed by atoms with Crippen molar-refractivity contribution in [1.82, 2.24) is 9.38 Å². The smallest absolute Gasteiger partial charge is 0.387 e. The Labute approximate surface area is 184 Å². The fourth-order valence-corrected chi connectivity index (χ4v) is 3.98. The van der Waals surface area contributed by atoms with E-state index in [1.165, 1.54) is 19.6 Å². The highest BCUT2D eigenvalue weighted by Gasteiger charge is 2.30. The second-order valence-electron chi connectivity index (χ2n) is 8.41. The molecule has 2 saturated carbocycles. The molecule has 5 rings (SSSR count). The first kappa shape index (κ1) is 20.7. The Hall–Kier alpha value is -3.16. The molecule has 6 nitrogen and oxygen atoms in total. The van der Waals surface area contributed by atoms with Crippen LogP contribution in [-0.2, 0) is 0 Å². The van der Waals surface area contributed by atoms with E-state index in [4.69, 9.17) is 14.2 Å².